The molecule has 1 atom stereocenters. The van der Waals surface area contributed by atoms with Gasteiger partial charge in [-0.1, -0.05) is 0 Å². The maximum Gasteiger partial charge on any atom is 0.328 e. The lowest BCUT2D eigenvalue weighted by molar-refractivity contribution is -0.145. The number of phenolic OH excluding ortho intramolecular Hbond substituents is 1. The molecule has 102 valence electrons. The predicted octanol–water partition coefficient (Wildman–Crippen LogP) is 1.77. The number of benzene rings is 1. The molecule has 1 aliphatic heterocycles. The van der Waals surface area contributed by atoms with E-state index in [1.807, 2.05) is 0 Å². The highest BCUT2D eigenvalue weighted by Crippen LogP contribution is 2.26. The van der Waals surface area contributed by atoms with Crippen molar-refractivity contribution >= 4 is 34.5 Å². The lowest BCUT2D eigenvalue weighted by atomic mass is 10.1. The normalized spacial score (nSPS) is 18.4. The Morgan fingerprint density at radius 1 is 1.47 bits per heavy atom. The van der Waals surface area contributed by atoms with Gasteiger partial charge in [0.15, 0.2) is 0 Å². The molecule has 1 unspecified atom stereocenters. The van der Waals surface area contributed by atoms with Crippen molar-refractivity contribution in [3.05, 3.63) is 27.3 Å². The van der Waals surface area contributed by atoms with Crippen molar-refractivity contribution in [1.29, 1.82) is 0 Å². The summed E-state index contributed by atoms with van der Waals surface area (Å²) in [6, 6.07) is 4.27. The third-order valence-electron chi connectivity index (χ3n) is 3.18. The van der Waals surface area contributed by atoms with Crippen LogP contribution in [0.25, 0.3) is 0 Å². The van der Waals surface area contributed by atoms with Crippen LogP contribution in [0, 0.1) is 3.57 Å². The van der Waals surface area contributed by atoms with Gasteiger partial charge >= 0.3 is 5.97 Å². The molecular formula is C13H14INO4. The average Bonchev–Trinajstić information content (AvgIpc) is 2.89. The number of amides is 1. The van der Waals surface area contributed by atoms with Crippen LogP contribution in [0.4, 0.5) is 0 Å². The lowest BCUT2D eigenvalue weighted by Crippen LogP contribution is -2.41. The summed E-state index contributed by atoms with van der Waals surface area (Å²) in [7, 11) is 1.31. The van der Waals surface area contributed by atoms with Crippen LogP contribution in [0.5, 0.6) is 5.75 Å². The second-order valence-electron chi connectivity index (χ2n) is 4.34. The van der Waals surface area contributed by atoms with Crippen LogP contribution in [0.1, 0.15) is 23.2 Å². The number of hydrogen-bond acceptors (Lipinski definition) is 4. The van der Waals surface area contributed by atoms with Crippen molar-refractivity contribution in [2.24, 2.45) is 0 Å². The first kappa shape index (κ1) is 14.1. The Kier molecular flexibility index (Phi) is 4.28. The maximum atomic E-state index is 12.4. The monoisotopic (exact) mass is 375 g/mol. The first-order chi connectivity index (χ1) is 9.04. The standard InChI is InChI=1S/C13H14INO4/c1-19-13(18)10-3-2-6-15(10)12(17)9-7-8(14)4-5-11(9)16/h4-5,7,10,16H,2-3,6H2,1H3. The van der Waals surface area contributed by atoms with Gasteiger partial charge in [-0.15, -0.1) is 0 Å². The van der Waals surface area contributed by atoms with Gasteiger partial charge in [0, 0.05) is 10.1 Å². The number of rotatable bonds is 2. The molecule has 1 aliphatic rings. The second-order valence-corrected chi connectivity index (χ2v) is 5.59. The highest BCUT2D eigenvalue weighted by Gasteiger charge is 2.36. The number of halogens is 1. The smallest absolute Gasteiger partial charge is 0.328 e. The predicted molar refractivity (Wildman–Crippen MR) is 76.9 cm³/mol. The summed E-state index contributed by atoms with van der Waals surface area (Å²) in [6.45, 7) is 0.503. The molecule has 2 rings (SSSR count). The molecule has 6 heteroatoms. The molecule has 0 saturated carbocycles. The topological polar surface area (TPSA) is 66.8 Å². The van der Waals surface area contributed by atoms with Crippen LogP contribution in [0.15, 0.2) is 18.2 Å². The van der Waals surface area contributed by atoms with E-state index in [0.717, 1.165) is 9.99 Å². The molecule has 0 aromatic heterocycles. The molecular weight excluding hydrogens is 361 g/mol. The zero-order valence-corrected chi connectivity index (χ0v) is 12.6. The minimum Gasteiger partial charge on any atom is -0.507 e. The minimum absolute atomic E-state index is 0.0686. The van der Waals surface area contributed by atoms with E-state index in [-0.39, 0.29) is 17.2 Å². The van der Waals surface area contributed by atoms with E-state index < -0.39 is 12.0 Å². The Hall–Kier alpha value is -1.31. The van der Waals surface area contributed by atoms with Crippen LogP contribution in [0.2, 0.25) is 0 Å². The molecule has 1 aromatic rings. The summed E-state index contributed by atoms with van der Waals surface area (Å²) in [5.74, 6) is -0.805. The molecule has 1 N–H and O–H groups in total. The average molecular weight is 375 g/mol. The van der Waals surface area contributed by atoms with Gasteiger partial charge in [-0.05, 0) is 53.6 Å². The zero-order valence-electron chi connectivity index (χ0n) is 10.4. The van der Waals surface area contributed by atoms with Crippen molar-refractivity contribution in [1.82, 2.24) is 4.90 Å². The number of nitrogens with zero attached hydrogens (tertiary/aromatic N) is 1. The van der Waals surface area contributed by atoms with E-state index in [2.05, 4.69) is 22.6 Å². The third-order valence-corrected chi connectivity index (χ3v) is 3.85. The SMILES string of the molecule is COC(=O)C1CCCN1C(=O)c1cc(I)ccc1O. The Morgan fingerprint density at radius 3 is 2.89 bits per heavy atom. The third kappa shape index (κ3) is 2.83. The number of likely N-dealkylation sites (tertiary alicyclic amines) is 1. The number of ether oxygens (including phenoxy) is 1. The number of methoxy groups -OCH3 is 1. The molecule has 0 radical (unpaired) electrons. The van der Waals surface area contributed by atoms with Gasteiger partial charge in [0.05, 0.1) is 12.7 Å². The van der Waals surface area contributed by atoms with E-state index in [0.29, 0.717) is 13.0 Å². The Bertz CT molecular complexity index is 517. The molecule has 0 bridgehead atoms. The zero-order chi connectivity index (χ0) is 14.0. The number of phenols is 1. The second kappa shape index (κ2) is 5.77. The highest BCUT2D eigenvalue weighted by molar-refractivity contribution is 14.1. The first-order valence-corrected chi connectivity index (χ1v) is 6.99. The van der Waals surface area contributed by atoms with Crippen molar-refractivity contribution in [2.75, 3.05) is 13.7 Å². The van der Waals surface area contributed by atoms with Crippen LogP contribution in [-0.2, 0) is 9.53 Å². The number of aromatic hydroxyl groups is 1. The Labute approximate surface area is 124 Å². The van der Waals surface area contributed by atoms with Crippen molar-refractivity contribution in [3.8, 4) is 5.75 Å². The molecule has 5 nitrogen and oxygen atoms in total. The molecule has 0 aliphatic carbocycles. The highest BCUT2D eigenvalue weighted by atomic mass is 127. The molecule has 1 saturated heterocycles. The van der Waals surface area contributed by atoms with E-state index in [9.17, 15) is 14.7 Å². The molecule has 1 fully saturated rings. The van der Waals surface area contributed by atoms with Gasteiger partial charge in [-0.25, -0.2) is 4.79 Å². The van der Waals surface area contributed by atoms with Crippen molar-refractivity contribution in [3.63, 3.8) is 0 Å². The fraction of sp³-hybridized carbons (Fsp3) is 0.385. The number of esters is 1. The van der Waals surface area contributed by atoms with Crippen LogP contribution in [-0.4, -0.2) is 41.6 Å². The summed E-state index contributed by atoms with van der Waals surface area (Å²) >= 11 is 2.07. The van der Waals surface area contributed by atoms with E-state index in [1.165, 1.54) is 18.1 Å². The summed E-state index contributed by atoms with van der Waals surface area (Å²) < 4.78 is 5.56. The van der Waals surface area contributed by atoms with Crippen LogP contribution >= 0.6 is 22.6 Å². The van der Waals surface area contributed by atoms with Gasteiger partial charge < -0.3 is 14.7 Å². The summed E-state index contributed by atoms with van der Waals surface area (Å²) in [5, 5.41) is 9.78. The fourth-order valence-electron chi connectivity index (χ4n) is 2.23. The quantitative estimate of drug-likeness (QED) is 0.632. The van der Waals surface area contributed by atoms with E-state index >= 15 is 0 Å². The Morgan fingerprint density at radius 2 is 2.21 bits per heavy atom. The van der Waals surface area contributed by atoms with Gasteiger partial charge in [-0.3, -0.25) is 4.79 Å². The summed E-state index contributed by atoms with van der Waals surface area (Å²) in [6.07, 6.45) is 1.36. The minimum atomic E-state index is -0.547. The number of carbonyl (C=O) groups is 2. The van der Waals surface area contributed by atoms with Gasteiger partial charge in [0.1, 0.15) is 11.8 Å². The number of hydrogen-bond donors (Lipinski definition) is 1. The largest absolute Gasteiger partial charge is 0.507 e. The van der Waals surface area contributed by atoms with Gasteiger partial charge in [0.25, 0.3) is 5.91 Å². The molecule has 1 amide bonds. The summed E-state index contributed by atoms with van der Waals surface area (Å²) in [5.41, 5.74) is 0.225. The van der Waals surface area contributed by atoms with Crippen LogP contribution < -0.4 is 0 Å². The maximum absolute atomic E-state index is 12.4. The molecule has 0 spiro atoms. The van der Waals surface area contributed by atoms with E-state index in [1.54, 1.807) is 12.1 Å². The fourth-order valence-corrected chi connectivity index (χ4v) is 2.72. The van der Waals surface area contributed by atoms with Gasteiger partial charge in [-0.2, -0.15) is 0 Å². The first-order valence-electron chi connectivity index (χ1n) is 5.92. The van der Waals surface area contributed by atoms with Gasteiger partial charge in [0.2, 0.25) is 0 Å². The van der Waals surface area contributed by atoms with Crippen molar-refractivity contribution in [2.45, 2.75) is 18.9 Å². The van der Waals surface area contributed by atoms with Crippen LogP contribution in [0.3, 0.4) is 0 Å². The summed E-state index contributed by atoms with van der Waals surface area (Å²) in [4.78, 5) is 25.5. The number of carbonyl (C=O) groups excluding carboxylic acids is 2. The van der Waals surface area contributed by atoms with E-state index in [4.69, 9.17) is 4.74 Å². The molecule has 19 heavy (non-hydrogen) atoms. The molecule has 1 aromatic carbocycles. The molecule has 1 heterocycles. The van der Waals surface area contributed by atoms with Crippen molar-refractivity contribution < 1.29 is 19.4 Å². The lowest BCUT2D eigenvalue weighted by Gasteiger charge is -2.23. The Balaban J connectivity index is 2.28.